The summed E-state index contributed by atoms with van der Waals surface area (Å²) in [6.45, 7) is 8.81. The molecule has 0 saturated heterocycles. The molecule has 2 nitrogen and oxygen atoms in total. The van der Waals surface area contributed by atoms with Gasteiger partial charge >= 0.3 is 0 Å². The molecule has 1 heterocycles. The minimum Gasteiger partial charge on any atom is -0.316 e. The Hall–Kier alpha value is -0.670. The van der Waals surface area contributed by atoms with Crippen LogP contribution in [0.5, 0.6) is 0 Å². The van der Waals surface area contributed by atoms with Gasteiger partial charge in [-0.05, 0) is 66.3 Å². The average Bonchev–Trinajstić information content (AvgIpc) is 2.28. The lowest BCUT2D eigenvalue weighted by Gasteiger charge is -2.06. The standard InChI is InChI=1S/C15H23BrN2/c1-12(2)9-17-6-4-5-13(3)7-14-8-15(16)11-18-10-14/h5,8,10-12,17H,4,6-7,9H2,1-3H3/b13-5-. The predicted molar refractivity (Wildman–Crippen MR) is 81.7 cm³/mol. The highest BCUT2D eigenvalue weighted by Gasteiger charge is 1.97. The molecule has 1 rings (SSSR count). The van der Waals surface area contributed by atoms with E-state index in [9.17, 15) is 0 Å². The lowest BCUT2D eigenvalue weighted by Crippen LogP contribution is -2.20. The Morgan fingerprint density at radius 2 is 2.22 bits per heavy atom. The third-order valence-electron chi connectivity index (χ3n) is 2.61. The third-order valence-corrected chi connectivity index (χ3v) is 3.04. The fourth-order valence-corrected chi connectivity index (χ4v) is 2.17. The molecule has 3 heteroatoms. The third kappa shape index (κ3) is 6.92. The molecule has 1 aromatic heterocycles. The largest absolute Gasteiger partial charge is 0.316 e. The van der Waals surface area contributed by atoms with Gasteiger partial charge in [-0.1, -0.05) is 25.5 Å². The van der Waals surface area contributed by atoms with Gasteiger partial charge in [0.1, 0.15) is 0 Å². The molecule has 0 fully saturated rings. The van der Waals surface area contributed by atoms with Gasteiger partial charge in [-0.3, -0.25) is 4.98 Å². The fourth-order valence-electron chi connectivity index (χ4n) is 1.76. The van der Waals surface area contributed by atoms with Crippen LogP contribution in [0.25, 0.3) is 0 Å². The molecule has 0 atom stereocenters. The number of allylic oxidation sites excluding steroid dienone is 1. The van der Waals surface area contributed by atoms with Crippen molar-refractivity contribution in [2.75, 3.05) is 13.1 Å². The van der Waals surface area contributed by atoms with Crippen molar-refractivity contribution in [3.8, 4) is 0 Å². The SMILES string of the molecule is C/C(=C/CCNCC(C)C)Cc1cncc(Br)c1. The Morgan fingerprint density at radius 1 is 1.44 bits per heavy atom. The first kappa shape index (κ1) is 15.4. The number of nitrogens with one attached hydrogen (secondary N) is 1. The maximum Gasteiger partial charge on any atom is 0.0410 e. The summed E-state index contributed by atoms with van der Waals surface area (Å²) in [7, 11) is 0. The van der Waals surface area contributed by atoms with Gasteiger partial charge in [0.2, 0.25) is 0 Å². The van der Waals surface area contributed by atoms with E-state index >= 15 is 0 Å². The Kier molecular flexibility index (Phi) is 7.21. The zero-order chi connectivity index (χ0) is 13.4. The molecular weight excluding hydrogens is 288 g/mol. The summed E-state index contributed by atoms with van der Waals surface area (Å²) in [6, 6.07) is 2.13. The van der Waals surface area contributed by atoms with E-state index in [-0.39, 0.29) is 0 Å². The molecule has 1 N–H and O–H groups in total. The van der Waals surface area contributed by atoms with Crippen molar-refractivity contribution in [3.63, 3.8) is 0 Å². The summed E-state index contributed by atoms with van der Waals surface area (Å²) in [4.78, 5) is 4.18. The summed E-state index contributed by atoms with van der Waals surface area (Å²) >= 11 is 3.45. The van der Waals surface area contributed by atoms with Crippen molar-refractivity contribution < 1.29 is 0 Å². The van der Waals surface area contributed by atoms with Crippen LogP contribution in [0.1, 0.15) is 32.8 Å². The molecule has 1 aromatic rings. The number of nitrogens with zero attached hydrogens (tertiary/aromatic N) is 1. The number of pyridine rings is 1. The second-order valence-electron chi connectivity index (χ2n) is 5.13. The van der Waals surface area contributed by atoms with Crippen molar-refractivity contribution in [1.29, 1.82) is 0 Å². The Labute approximate surface area is 119 Å². The molecule has 0 bridgehead atoms. The minimum absolute atomic E-state index is 0.725. The van der Waals surface area contributed by atoms with Crippen molar-refractivity contribution in [1.82, 2.24) is 10.3 Å². The van der Waals surface area contributed by atoms with Gasteiger partial charge in [-0.15, -0.1) is 0 Å². The monoisotopic (exact) mass is 310 g/mol. The topological polar surface area (TPSA) is 24.9 Å². The molecule has 0 aliphatic heterocycles. The first-order valence-electron chi connectivity index (χ1n) is 6.53. The molecule has 0 aromatic carbocycles. The average molecular weight is 311 g/mol. The van der Waals surface area contributed by atoms with Crippen LogP contribution < -0.4 is 5.32 Å². The van der Waals surface area contributed by atoms with E-state index in [1.165, 1.54) is 11.1 Å². The molecule has 0 unspecified atom stereocenters. The van der Waals surface area contributed by atoms with E-state index in [0.717, 1.165) is 36.3 Å². The zero-order valence-electron chi connectivity index (χ0n) is 11.5. The zero-order valence-corrected chi connectivity index (χ0v) is 13.1. The Balaban J connectivity index is 2.29. The van der Waals surface area contributed by atoms with Crippen LogP contribution in [0.4, 0.5) is 0 Å². The van der Waals surface area contributed by atoms with Crippen LogP contribution in [0, 0.1) is 5.92 Å². The predicted octanol–water partition coefficient (Wildman–Crippen LogP) is 3.97. The number of halogens is 1. The van der Waals surface area contributed by atoms with Crippen LogP contribution in [-0.2, 0) is 6.42 Å². The molecule has 0 aliphatic rings. The van der Waals surface area contributed by atoms with Crippen molar-refractivity contribution >= 4 is 15.9 Å². The Bertz CT molecular complexity index is 386. The van der Waals surface area contributed by atoms with E-state index in [0.29, 0.717) is 0 Å². The second-order valence-corrected chi connectivity index (χ2v) is 6.04. The summed E-state index contributed by atoms with van der Waals surface area (Å²) in [5, 5.41) is 3.45. The number of hydrogen-bond donors (Lipinski definition) is 1. The van der Waals surface area contributed by atoms with Crippen LogP contribution in [-0.4, -0.2) is 18.1 Å². The highest BCUT2D eigenvalue weighted by molar-refractivity contribution is 9.10. The van der Waals surface area contributed by atoms with Crippen LogP contribution in [0.15, 0.2) is 34.6 Å². The van der Waals surface area contributed by atoms with E-state index in [2.05, 4.69) is 59.1 Å². The normalized spacial score (nSPS) is 12.2. The van der Waals surface area contributed by atoms with Gasteiger partial charge in [-0.2, -0.15) is 0 Å². The molecular formula is C15H23BrN2. The van der Waals surface area contributed by atoms with Crippen LogP contribution >= 0.6 is 15.9 Å². The number of aromatic nitrogens is 1. The smallest absolute Gasteiger partial charge is 0.0410 e. The minimum atomic E-state index is 0.725. The Morgan fingerprint density at radius 3 is 2.89 bits per heavy atom. The van der Waals surface area contributed by atoms with Gasteiger partial charge in [0, 0.05) is 16.9 Å². The maximum atomic E-state index is 4.18. The summed E-state index contributed by atoms with van der Waals surface area (Å²) in [5.74, 6) is 0.725. The molecule has 100 valence electrons. The molecule has 0 saturated carbocycles. The van der Waals surface area contributed by atoms with Crippen molar-refractivity contribution in [2.24, 2.45) is 5.92 Å². The molecule has 0 spiro atoms. The highest BCUT2D eigenvalue weighted by Crippen LogP contribution is 2.13. The van der Waals surface area contributed by atoms with Crippen LogP contribution in [0.2, 0.25) is 0 Å². The fraction of sp³-hybridized carbons (Fsp3) is 0.533. The highest BCUT2D eigenvalue weighted by atomic mass is 79.9. The summed E-state index contributed by atoms with van der Waals surface area (Å²) < 4.78 is 1.05. The van der Waals surface area contributed by atoms with Gasteiger partial charge < -0.3 is 5.32 Å². The van der Waals surface area contributed by atoms with E-state index in [4.69, 9.17) is 0 Å². The molecule has 0 amide bonds. The maximum absolute atomic E-state index is 4.18. The molecule has 18 heavy (non-hydrogen) atoms. The summed E-state index contributed by atoms with van der Waals surface area (Å²) in [6.07, 6.45) is 8.14. The van der Waals surface area contributed by atoms with Gasteiger partial charge in [0.25, 0.3) is 0 Å². The van der Waals surface area contributed by atoms with Gasteiger partial charge in [0.05, 0.1) is 0 Å². The molecule has 0 aliphatic carbocycles. The van der Waals surface area contributed by atoms with Crippen molar-refractivity contribution in [2.45, 2.75) is 33.6 Å². The number of hydrogen-bond acceptors (Lipinski definition) is 2. The van der Waals surface area contributed by atoms with E-state index in [1.54, 1.807) is 0 Å². The second kappa shape index (κ2) is 8.44. The first-order valence-corrected chi connectivity index (χ1v) is 7.33. The van der Waals surface area contributed by atoms with E-state index < -0.39 is 0 Å². The van der Waals surface area contributed by atoms with Gasteiger partial charge in [0.15, 0.2) is 0 Å². The first-order chi connectivity index (χ1) is 8.58. The lowest BCUT2D eigenvalue weighted by atomic mass is 10.1. The summed E-state index contributed by atoms with van der Waals surface area (Å²) in [5.41, 5.74) is 2.66. The van der Waals surface area contributed by atoms with Crippen LogP contribution in [0.3, 0.4) is 0 Å². The lowest BCUT2D eigenvalue weighted by molar-refractivity contribution is 0.556. The van der Waals surface area contributed by atoms with Crippen molar-refractivity contribution in [3.05, 3.63) is 40.1 Å². The quantitative estimate of drug-likeness (QED) is 0.609. The van der Waals surface area contributed by atoms with Gasteiger partial charge in [-0.25, -0.2) is 0 Å². The number of rotatable bonds is 7. The van der Waals surface area contributed by atoms with E-state index in [1.807, 2.05) is 12.4 Å². The molecule has 0 radical (unpaired) electrons.